The first kappa shape index (κ1) is 17.5. The Morgan fingerprint density at radius 2 is 1.64 bits per heavy atom. The lowest BCUT2D eigenvalue weighted by Crippen LogP contribution is -2.26. The van der Waals surface area contributed by atoms with E-state index in [1.54, 1.807) is 45.0 Å². The zero-order valence-corrected chi connectivity index (χ0v) is 12.8. The maximum atomic E-state index is 11.4. The van der Waals surface area contributed by atoms with Gasteiger partial charge in [-0.2, -0.15) is 0 Å². The van der Waals surface area contributed by atoms with Crippen LogP contribution in [0, 0.1) is 0 Å². The average molecular weight is 309 g/mol. The standard InChI is InChI=1S/C15H19NO6/c1-4-20-14(18)10(3)22-12-8-6-11(7-9-12)16-13(17)15(19)21-5-2/h6-10H,4-5H2,1-3H3,(H,16,17). The van der Waals surface area contributed by atoms with Gasteiger partial charge in [-0.05, 0) is 45.0 Å². The van der Waals surface area contributed by atoms with Crippen molar-refractivity contribution in [3.63, 3.8) is 0 Å². The molecule has 7 nitrogen and oxygen atoms in total. The number of nitrogens with one attached hydrogen (secondary N) is 1. The highest BCUT2D eigenvalue weighted by Crippen LogP contribution is 2.17. The maximum absolute atomic E-state index is 11.4. The summed E-state index contributed by atoms with van der Waals surface area (Å²) in [4.78, 5) is 34.1. The Hall–Kier alpha value is -2.57. The molecule has 0 saturated carbocycles. The summed E-state index contributed by atoms with van der Waals surface area (Å²) in [6.45, 7) is 5.32. The Kier molecular flexibility index (Phi) is 6.88. The van der Waals surface area contributed by atoms with Gasteiger partial charge in [-0.15, -0.1) is 0 Å². The molecule has 0 saturated heterocycles. The van der Waals surface area contributed by atoms with Crippen LogP contribution in [0.4, 0.5) is 5.69 Å². The van der Waals surface area contributed by atoms with Crippen molar-refractivity contribution < 1.29 is 28.6 Å². The molecule has 0 aliphatic rings. The van der Waals surface area contributed by atoms with E-state index in [-0.39, 0.29) is 13.2 Å². The summed E-state index contributed by atoms with van der Waals surface area (Å²) in [6, 6.07) is 6.22. The molecular weight excluding hydrogens is 290 g/mol. The molecule has 0 fully saturated rings. The average Bonchev–Trinajstić information content (AvgIpc) is 2.49. The van der Waals surface area contributed by atoms with E-state index in [9.17, 15) is 14.4 Å². The lowest BCUT2D eigenvalue weighted by Gasteiger charge is -2.13. The van der Waals surface area contributed by atoms with E-state index in [2.05, 4.69) is 10.1 Å². The van der Waals surface area contributed by atoms with Gasteiger partial charge >= 0.3 is 17.8 Å². The van der Waals surface area contributed by atoms with Crippen molar-refractivity contribution in [2.24, 2.45) is 0 Å². The zero-order valence-electron chi connectivity index (χ0n) is 12.8. The number of rotatable bonds is 6. The van der Waals surface area contributed by atoms with Crippen LogP contribution in [0.2, 0.25) is 0 Å². The summed E-state index contributed by atoms with van der Waals surface area (Å²) in [5.74, 6) is -1.81. The molecule has 120 valence electrons. The summed E-state index contributed by atoms with van der Waals surface area (Å²) < 4.78 is 14.8. The van der Waals surface area contributed by atoms with Gasteiger partial charge in [-0.3, -0.25) is 4.79 Å². The number of anilines is 1. The SMILES string of the molecule is CCOC(=O)C(=O)Nc1ccc(OC(C)C(=O)OCC)cc1. The molecule has 1 unspecified atom stereocenters. The summed E-state index contributed by atoms with van der Waals surface area (Å²) in [7, 11) is 0. The van der Waals surface area contributed by atoms with Gasteiger partial charge < -0.3 is 19.5 Å². The van der Waals surface area contributed by atoms with Crippen molar-refractivity contribution in [2.45, 2.75) is 26.9 Å². The molecule has 1 atom stereocenters. The minimum Gasteiger partial charge on any atom is -0.479 e. The number of ether oxygens (including phenoxy) is 3. The Morgan fingerprint density at radius 1 is 1.05 bits per heavy atom. The van der Waals surface area contributed by atoms with Gasteiger partial charge in [0.05, 0.1) is 13.2 Å². The molecule has 1 N–H and O–H groups in total. The highest BCUT2D eigenvalue weighted by Gasteiger charge is 2.16. The molecule has 0 bridgehead atoms. The van der Waals surface area contributed by atoms with E-state index < -0.39 is 23.9 Å². The molecule has 0 spiro atoms. The topological polar surface area (TPSA) is 90.9 Å². The fourth-order valence-electron chi connectivity index (χ4n) is 1.51. The van der Waals surface area contributed by atoms with Crippen LogP contribution in [-0.2, 0) is 23.9 Å². The zero-order chi connectivity index (χ0) is 16.5. The molecule has 1 aromatic rings. The van der Waals surface area contributed by atoms with Gasteiger partial charge in [0.2, 0.25) is 0 Å². The molecule has 0 aliphatic heterocycles. The fourth-order valence-corrected chi connectivity index (χ4v) is 1.51. The van der Waals surface area contributed by atoms with Gasteiger partial charge in [0.15, 0.2) is 6.10 Å². The van der Waals surface area contributed by atoms with Gasteiger partial charge in [0.25, 0.3) is 0 Å². The van der Waals surface area contributed by atoms with Crippen LogP contribution in [0.15, 0.2) is 24.3 Å². The summed E-state index contributed by atoms with van der Waals surface area (Å²) in [6.07, 6.45) is -0.736. The summed E-state index contributed by atoms with van der Waals surface area (Å²) in [5, 5.41) is 2.39. The van der Waals surface area contributed by atoms with E-state index in [4.69, 9.17) is 9.47 Å². The molecule has 1 rings (SSSR count). The predicted octanol–water partition coefficient (Wildman–Crippen LogP) is 1.52. The molecule has 7 heteroatoms. The molecule has 1 aromatic carbocycles. The Labute approximate surface area is 128 Å². The molecule has 0 aromatic heterocycles. The number of amides is 1. The summed E-state index contributed by atoms with van der Waals surface area (Å²) >= 11 is 0. The predicted molar refractivity (Wildman–Crippen MR) is 78.4 cm³/mol. The van der Waals surface area contributed by atoms with Crippen LogP contribution < -0.4 is 10.1 Å². The number of carbonyl (C=O) groups is 3. The third kappa shape index (κ3) is 5.43. The van der Waals surface area contributed by atoms with E-state index >= 15 is 0 Å². The molecule has 0 heterocycles. The monoisotopic (exact) mass is 309 g/mol. The minimum absolute atomic E-state index is 0.130. The van der Waals surface area contributed by atoms with Crippen molar-refractivity contribution in [1.82, 2.24) is 0 Å². The molecule has 22 heavy (non-hydrogen) atoms. The third-order valence-corrected chi connectivity index (χ3v) is 2.50. The molecule has 0 aliphatic carbocycles. The Balaban J connectivity index is 2.58. The molecular formula is C15H19NO6. The maximum Gasteiger partial charge on any atom is 0.397 e. The van der Waals surface area contributed by atoms with Crippen molar-refractivity contribution in [3.05, 3.63) is 24.3 Å². The van der Waals surface area contributed by atoms with E-state index in [0.717, 1.165) is 0 Å². The smallest absolute Gasteiger partial charge is 0.397 e. The first-order chi connectivity index (χ1) is 10.5. The Bertz CT molecular complexity index is 525. The number of esters is 2. The van der Waals surface area contributed by atoms with Gasteiger partial charge in [0.1, 0.15) is 5.75 Å². The number of benzene rings is 1. The molecule has 0 radical (unpaired) electrons. The largest absolute Gasteiger partial charge is 0.479 e. The van der Waals surface area contributed by atoms with Crippen molar-refractivity contribution in [3.8, 4) is 5.75 Å². The van der Waals surface area contributed by atoms with Gasteiger partial charge in [0, 0.05) is 5.69 Å². The van der Waals surface area contributed by atoms with Crippen LogP contribution in [0.25, 0.3) is 0 Å². The highest BCUT2D eigenvalue weighted by atomic mass is 16.6. The first-order valence-corrected chi connectivity index (χ1v) is 6.89. The van der Waals surface area contributed by atoms with E-state index in [0.29, 0.717) is 11.4 Å². The van der Waals surface area contributed by atoms with Gasteiger partial charge in [-0.25, -0.2) is 9.59 Å². The van der Waals surface area contributed by atoms with Crippen LogP contribution in [0.3, 0.4) is 0 Å². The van der Waals surface area contributed by atoms with Crippen LogP contribution in [0.1, 0.15) is 20.8 Å². The second-order valence-electron chi connectivity index (χ2n) is 4.21. The number of hydrogen-bond donors (Lipinski definition) is 1. The van der Waals surface area contributed by atoms with Crippen LogP contribution in [-0.4, -0.2) is 37.2 Å². The van der Waals surface area contributed by atoms with E-state index in [1.165, 1.54) is 0 Å². The Morgan fingerprint density at radius 3 is 2.18 bits per heavy atom. The van der Waals surface area contributed by atoms with Crippen LogP contribution in [0.5, 0.6) is 5.75 Å². The fraction of sp³-hybridized carbons (Fsp3) is 0.400. The van der Waals surface area contributed by atoms with Crippen molar-refractivity contribution in [1.29, 1.82) is 0 Å². The number of hydrogen-bond acceptors (Lipinski definition) is 6. The number of carbonyl (C=O) groups excluding carboxylic acids is 3. The quantitative estimate of drug-likeness (QED) is 0.633. The lowest BCUT2D eigenvalue weighted by atomic mass is 10.3. The van der Waals surface area contributed by atoms with E-state index in [1.807, 2.05) is 0 Å². The minimum atomic E-state index is -0.946. The van der Waals surface area contributed by atoms with Gasteiger partial charge in [-0.1, -0.05) is 0 Å². The summed E-state index contributed by atoms with van der Waals surface area (Å²) in [5.41, 5.74) is 0.411. The van der Waals surface area contributed by atoms with Crippen molar-refractivity contribution in [2.75, 3.05) is 18.5 Å². The first-order valence-electron chi connectivity index (χ1n) is 6.89. The third-order valence-electron chi connectivity index (χ3n) is 2.50. The second-order valence-corrected chi connectivity index (χ2v) is 4.21. The van der Waals surface area contributed by atoms with Crippen molar-refractivity contribution >= 4 is 23.5 Å². The second kappa shape index (κ2) is 8.66. The van der Waals surface area contributed by atoms with Crippen LogP contribution >= 0.6 is 0 Å². The molecule has 1 amide bonds. The normalized spacial score (nSPS) is 11.2. The lowest BCUT2D eigenvalue weighted by molar-refractivity contribution is -0.152. The highest BCUT2D eigenvalue weighted by molar-refractivity contribution is 6.37.